The van der Waals surface area contributed by atoms with E-state index in [0.29, 0.717) is 5.39 Å². The molecule has 0 atom stereocenters. The zero-order valence-corrected chi connectivity index (χ0v) is 10.2. The zero-order chi connectivity index (χ0) is 11.1. The summed E-state index contributed by atoms with van der Waals surface area (Å²) in [6.07, 6.45) is 3.38. The number of nitrogens with one attached hydrogen (secondary N) is 1. The van der Waals surface area contributed by atoms with Gasteiger partial charge in [0.1, 0.15) is 4.90 Å². The van der Waals surface area contributed by atoms with E-state index in [0.717, 1.165) is 10.4 Å². The molecular formula is C9H8ClNO2S2. The summed E-state index contributed by atoms with van der Waals surface area (Å²) in [7, 11) is 1.63. The molecule has 6 heteroatoms. The van der Waals surface area contributed by atoms with Crippen molar-refractivity contribution >= 4 is 42.4 Å². The summed E-state index contributed by atoms with van der Waals surface area (Å²) in [6.45, 7) is 0. The number of rotatable bonds is 2. The third kappa shape index (κ3) is 2.00. The Labute approximate surface area is 96.2 Å². The van der Waals surface area contributed by atoms with Crippen molar-refractivity contribution in [2.75, 3.05) is 6.26 Å². The Morgan fingerprint density at radius 3 is 2.73 bits per heavy atom. The van der Waals surface area contributed by atoms with Crippen LogP contribution in [0.2, 0.25) is 0 Å². The summed E-state index contributed by atoms with van der Waals surface area (Å²) in [5, 5.41) is 0.628. The summed E-state index contributed by atoms with van der Waals surface area (Å²) in [4.78, 5) is 4.10. The molecule has 0 fully saturated rings. The van der Waals surface area contributed by atoms with Gasteiger partial charge in [-0.15, -0.1) is 11.8 Å². The monoisotopic (exact) mass is 261 g/mol. The fourth-order valence-corrected chi connectivity index (χ4v) is 2.87. The second kappa shape index (κ2) is 3.73. The number of halogens is 1. The highest BCUT2D eigenvalue weighted by Gasteiger charge is 2.15. The van der Waals surface area contributed by atoms with Crippen molar-refractivity contribution in [3.63, 3.8) is 0 Å². The summed E-state index contributed by atoms with van der Waals surface area (Å²) >= 11 is 1.60. The molecular weight excluding hydrogens is 254 g/mol. The number of thioether (sulfide) groups is 1. The zero-order valence-electron chi connectivity index (χ0n) is 7.82. The van der Waals surface area contributed by atoms with Crippen molar-refractivity contribution in [2.24, 2.45) is 0 Å². The smallest absolute Gasteiger partial charge is 0.263 e. The quantitative estimate of drug-likeness (QED) is 0.668. The molecule has 0 bridgehead atoms. The second-order valence-corrected chi connectivity index (χ2v) is 6.42. The highest BCUT2D eigenvalue weighted by atomic mass is 35.7. The molecule has 1 aromatic carbocycles. The average molecular weight is 262 g/mol. The van der Waals surface area contributed by atoms with Gasteiger partial charge in [0.05, 0.1) is 0 Å². The molecule has 0 saturated heterocycles. The minimum Gasteiger partial charge on any atom is -0.360 e. The first-order valence-electron chi connectivity index (χ1n) is 4.12. The molecule has 2 aromatic rings. The van der Waals surface area contributed by atoms with Crippen LogP contribution in [0.4, 0.5) is 0 Å². The number of fused-ring (bicyclic) bond motifs is 1. The third-order valence-electron chi connectivity index (χ3n) is 2.11. The van der Waals surface area contributed by atoms with Gasteiger partial charge in [0.15, 0.2) is 0 Å². The summed E-state index contributed by atoms with van der Waals surface area (Å²) in [5.74, 6) is 0. The van der Waals surface area contributed by atoms with Crippen molar-refractivity contribution in [3.8, 4) is 0 Å². The molecule has 0 radical (unpaired) electrons. The van der Waals surface area contributed by atoms with E-state index >= 15 is 0 Å². The van der Waals surface area contributed by atoms with Crippen molar-refractivity contribution in [2.45, 2.75) is 9.79 Å². The molecule has 0 aliphatic carbocycles. The number of hydrogen-bond acceptors (Lipinski definition) is 3. The van der Waals surface area contributed by atoms with Gasteiger partial charge in [-0.05, 0) is 18.4 Å². The number of H-pyrrole nitrogens is 1. The predicted molar refractivity (Wildman–Crippen MR) is 63.1 cm³/mol. The summed E-state index contributed by atoms with van der Waals surface area (Å²) in [6, 6.07) is 5.52. The molecule has 0 aliphatic rings. The highest BCUT2D eigenvalue weighted by molar-refractivity contribution is 8.14. The third-order valence-corrected chi connectivity index (χ3v) is 4.20. The maximum atomic E-state index is 11.2. The van der Waals surface area contributed by atoms with Gasteiger partial charge in [0.2, 0.25) is 0 Å². The molecule has 1 heterocycles. The molecule has 2 rings (SSSR count). The van der Waals surface area contributed by atoms with Gasteiger partial charge in [-0.2, -0.15) is 0 Å². The first-order valence-corrected chi connectivity index (χ1v) is 7.65. The van der Waals surface area contributed by atoms with E-state index in [1.807, 2.05) is 18.4 Å². The van der Waals surface area contributed by atoms with Crippen molar-refractivity contribution in [3.05, 3.63) is 24.4 Å². The second-order valence-electron chi connectivity index (χ2n) is 3.00. The van der Waals surface area contributed by atoms with Gasteiger partial charge >= 0.3 is 0 Å². The van der Waals surface area contributed by atoms with Gasteiger partial charge in [0, 0.05) is 32.7 Å². The summed E-state index contributed by atoms with van der Waals surface area (Å²) in [5.41, 5.74) is 0.779. The largest absolute Gasteiger partial charge is 0.360 e. The SMILES string of the molecule is CSc1ccc2c(S(=O)(=O)Cl)c[nH]c2c1. The lowest BCUT2D eigenvalue weighted by Gasteiger charge is -1.97. The number of aromatic amines is 1. The fraction of sp³-hybridized carbons (Fsp3) is 0.111. The molecule has 1 aromatic heterocycles. The van der Waals surface area contributed by atoms with Gasteiger partial charge in [-0.1, -0.05) is 6.07 Å². The Balaban J connectivity index is 2.73. The van der Waals surface area contributed by atoms with Crippen molar-refractivity contribution in [1.29, 1.82) is 0 Å². The van der Waals surface area contributed by atoms with E-state index in [-0.39, 0.29) is 4.90 Å². The van der Waals surface area contributed by atoms with Crippen LogP contribution in [-0.4, -0.2) is 19.7 Å². The Kier molecular flexibility index (Phi) is 2.70. The number of hydrogen-bond donors (Lipinski definition) is 1. The van der Waals surface area contributed by atoms with Crippen LogP contribution in [0.1, 0.15) is 0 Å². The molecule has 0 unspecified atom stereocenters. The maximum absolute atomic E-state index is 11.2. The Hall–Kier alpha value is -0.650. The molecule has 0 spiro atoms. The maximum Gasteiger partial charge on any atom is 0.263 e. The van der Waals surface area contributed by atoms with Crippen LogP contribution in [-0.2, 0) is 9.05 Å². The van der Waals surface area contributed by atoms with Crippen molar-refractivity contribution < 1.29 is 8.42 Å². The van der Waals surface area contributed by atoms with Crippen LogP contribution >= 0.6 is 22.4 Å². The highest BCUT2D eigenvalue weighted by Crippen LogP contribution is 2.28. The van der Waals surface area contributed by atoms with E-state index in [1.54, 1.807) is 17.8 Å². The van der Waals surface area contributed by atoms with E-state index in [1.165, 1.54) is 6.20 Å². The minimum absolute atomic E-state index is 0.131. The van der Waals surface area contributed by atoms with Gasteiger partial charge in [-0.3, -0.25) is 0 Å². The van der Waals surface area contributed by atoms with Gasteiger partial charge < -0.3 is 4.98 Å². The Morgan fingerprint density at radius 1 is 1.40 bits per heavy atom. The van der Waals surface area contributed by atoms with Gasteiger partial charge in [0.25, 0.3) is 9.05 Å². The number of aromatic nitrogens is 1. The number of benzene rings is 1. The van der Waals surface area contributed by atoms with Crippen LogP contribution in [0.5, 0.6) is 0 Å². The molecule has 0 aliphatic heterocycles. The van der Waals surface area contributed by atoms with E-state index in [4.69, 9.17) is 10.7 Å². The molecule has 0 amide bonds. The van der Waals surface area contributed by atoms with E-state index in [9.17, 15) is 8.42 Å². The molecule has 3 nitrogen and oxygen atoms in total. The first-order chi connectivity index (χ1) is 7.02. The lowest BCUT2D eigenvalue weighted by molar-refractivity contribution is 0.610. The van der Waals surface area contributed by atoms with E-state index in [2.05, 4.69) is 4.98 Å². The van der Waals surface area contributed by atoms with Crippen LogP contribution in [0, 0.1) is 0 Å². The van der Waals surface area contributed by atoms with Crippen LogP contribution in [0.15, 0.2) is 34.2 Å². The van der Waals surface area contributed by atoms with Crippen LogP contribution < -0.4 is 0 Å². The topological polar surface area (TPSA) is 49.9 Å². The lowest BCUT2D eigenvalue weighted by Crippen LogP contribution is -1.87. The van der Waals surface area contributed by atoms with Crippen LogP contribution in [0.25, 0.3) is 10.9 Å². The van der Waals surface area contributed by atoms with Gasteiger partial charge in [-0.25, -0.2) is 8.42 Å². The summed E-state index contributed by atoms with van der Waals surface area (Å²) < 4.78 is 22.4. The molecule has 1 N–H and O–H groups in total. The predicted octanol–water partition coefficient (Wildman–Crippen LogP) is 2.82. The Bertz CT molecular complexity index is 604. The molecule has 15 heavy (non-hydrogen) atoms. The van der Waals surface area contributed by atoms with Crippen molar-refractivity contribution in [1.82, 2.24) is 4.98 Å². The first kappa shape index (κ1) is 10.9. The Morgan fingerprint density at radius 2 is 2.13 bits per heavy atom. The average Bonchev–Trinajstić information content (AvgIpc) is 2.59. The van der Waals surface area contributed by atoms with E-state index < -0.39 is 9.05 Å². The minimum atomic E-state index is -3.67. The fourth-order valence-electron chi connectivity index (χ4n) is 1.41. The molecule has 80 valence electrons. The lowest BCUT2D eigenvalue weighted by atomic mass is 10.2. The standard InChI is InChI=1S/C9H8ClNO2S2/c1-14-6-2-3-7-8(4-6)11-5-9(7)15(10,12)13/h2-5,11H,1H3. The van der Waals surface area contributed by atoms with Crippen LogP contribution in [0.3, 0.4) is 0 Å². The molecule has 0 saturated carbocycles. The normalized spacial score (nSPS) is 12.1.